The molecular formula is C19H32. The molecule has 3 aliphatic carbocycles. The molecule has 108 valence electrons. The van der Waals surface area contributed by atoms with Crippen LogP contribution in [-0.2, 0) is 0 Å². The topological polar surface area (TPSA) is 0 Å². The van der Waals surface area contributed by atoms with Crippen LogP contribution in [0.2, 0.25) is 0 Å². The van der Waals surface area contributed by atoms with Gasteiger partial charge in [0.15, 0.2) is 0 Å². The van der Waals surface area contributed by atoms with Crippen molar-refractivity contribution in [3.63, 3.8) is 0 Å². The van der Waals surface area contributed by atoms with Gasteiger partial charge in [-0.05, 0) is 60.7 Å². The van der Waals surface area contributed by atoms with E-state index in [-0.39, 0.29) is 0 Å². The van der Waals surface area contributed by atoms with Crippen LogP contribution in [-0.4, -0.2) is 0 Å². The average molecular weight is 260 g/mol. The lowest BCUT2D eigenvalue weighted by atomic mass is 9.51. The van der Waals surface area contributed by atoms with Gasteiger partial charge in [-0.25, -0.2) is 0 Å². The molecule has 0 aromatic rings. The van der Waals surface area contributed by atoms with Gasteiger partial charge in [0.2, 0.25) is 0 Å². The fourth-order valence-electron chi connectivity index (χ4n) is 6.06. The molecule has 4 unspecified atom stereocenters. The van der Waals surface area contributed by atoms with E-state index in [1.807, 2.05) is 0 Å². The van der Waals surface area contributed by atoms with Crippen molar-refractivity contribution in [1.82, 2.24) is 0 Å². The predicted molar refractivity (Wildman–Crippen MR) is 82.9 cm³/mol. The summed E-state index contributed by atoms with van der Waals surface area (Å²) in [6.07, 6.45) is 10.4. The maximum Gasteiger partial charge on any atom is -0.0146 e. The SMILES string of the molecule is C=C1C(C)C(CC)CC2C[C@H]3CCCC[C@H]3[C@@H](C)C12. The minimum atomic E-state index is 0.772. The molecule has 0 aliphatic heterocycles. The van der Waals surface area contributed by atoms with Crippen LogP contribution in [0.5, 0.6) is 0 Å². The first-order valence-corrected chi connectivity index (χ1v) is 8.82. The number of rotatable bonds is 1. The maximum absolute atomic E-state index is 4.57. The van der Waals surface area contributed by atoms with Gasteiger partial charge in [-0.2, -0.15) is 0 Å². The van der Waals surface area contributed by atoms with Gasteiger partial charge >= 0.3 is 0 Å². The van der Waals surface area contributed by atoms with Crippen molar-refractivity contribution >= 4 is 0 Å². The van der Waals surface area contributed by atoms with E-state index in [2.05, 4.69) is 27.4 Å². The third-order valence-electron chi connectivity index (χ3n) is 7.17. The third-order valence-corrected chi connectivity index (χ3v) is 7.17. The molecule has 0 N–H and O–H groups in total. The summed E-state index contributed by atoms with van der Waals surface area (Å²) < 4.78 is 0. The second-order valence-corrected chi connectivity index (χ2v) is 7.86. The Kier molecular flexibility index (Phi) is 3.80. The third kappa shape index (κ3) is 2.20. The minimum Gasteiger partial charge on any atom is -0.0993 e. The maximum atomic E-state index is 4.57. The molecule has 0 heteroatoms. The highest BCUT2D eigenvalue weighted by atomic mass is 14.5. The van der Waals surface area contributed by atoms with Crippen molar-refractivity contribution in [2.24, 2.45) is 41.4 Å². The second-order valence-electron chi connectivity index (χ2n) is 7.86. The Morgan fingerprint density at radius 2 is 1.79 bits per heavy atom. The number of hydrogen-bond acceptors (Lipinski definition) is 0. The molecule has 0 aromatic heterocycles. The number of fused-ring (bicyclic) bond motifs is 2. The highest BCUT2D eigenvalue weighted by Crippen LogP contribution is 2.56. The van der Waals surface area contributed by atoms with Crippen LogP contribution >= 0.6 is 0 Å². The van der Waals surface area contributed by atoms with Crippen LogP contribution in [0.15, 0.2) is 12.2 Å². The summed E-state index contributed by atoms with van der Waals surface area (Å²) in [4.78, 5) is 0. The van der Waals surface area contributed by atoms with Crippen LogP contribution in [0.4, 0.5) is 0 Å². The van der Waals surface area contributed by atoms with Crippen LogP contribution < -0.4 is 0 Å². The normalized spacial score (nSPS) is 50.5. The molecule has 0 saturated heterocycles. The molecule has 0 nitrogen and oxygen atoms in total. The molecule has 19 heavy (non-hydrogen) atoms. The quantitative estimate of drug-likeness (QED) is 0.531. The molecule has 0 radical (unpaired) electrons. The van der Waals surface area contributed by atoms with E-state index >= 15 is 0 Å². The van der Waals surface area contributed by atoms with E-state index in [1.165, 1.54) is 44.9 Å². The summed E-state index contributed by atoms with van der Waals surface area (Å²) in [6, 6.07) is 0. The van der Waals surface area contributed by atoms with Gasteiger partial charge < -0.3 is 0 Å². The van der Waals surface area contributed by atoms with E-state index in [0.29, 0.717) is 0 Å². The zero-order chi connectivity index (χ0) is 13.6. The minimum absolute atomic E-state index is 0.772. The monoisotopic (exact) mass is 260 g/mol. The van der Waals surface area contributed by atoms with Crippen molar-refractivity contribution in [1.29, 1.82) is 0 Å². The summed E-state index contributed by atoms with van der Waals surface area (Å²) in [5.41, 5.74) is 1.62. The van der Waals surface area contributed by atoms with Crippen molar-refractivity contribution in [2.75, 3.05) is 0 Å². The zero-order valence-electron chi connectivity index (χ0n) is 13.2. The van der Waals surface area contributed by atoms with Gasteiger partial charge in [-0.3, -0.25) is 0 Å². The Morgan fingerprint density at radius 1 is 1.05 bits per heavy atom. The van der Waals surface area contributed by atoms with Crippen molar-refractivity contribution in [3.8, 4) is 0 Å². The molecule has 3 aliphatic rings. The van der Waals surface area contributed by atoms with Crippen LogP contribution in [0.3, 0.4) is 0 Å². The van der Waals surface area contributed by atoms with Gasteiger partial charge in [0.05, 0.1) is 0 Å². The Hall–Kier alpha value is -0.260. The standard InChI is InChI=1S/C19H32/c1-5-15-10-17-11-16-8-6-7-9-18(16)14(4)19(17)13(3)12(15)2/h12,14-19H,3,5-11H2,1-2,4H3/t12?,14-,15?,16-,17?,18+,19?/m1/s1. The summed E-state index contributed by atoms with van der Waals surface area (Å²) in [6.45, 7) is 12.0. The molecule has 3 saturated carbocycles. The first kappa shape index (κ1) is 13.7. The Morgan fingerprint density at radius 3 is 2.53 bits per heavy atom. The van der Waals surface area contributed by atoms with E-state index in [9.17, 15) is 0 Å². The second kappa shape index (κ2) is 5.26. The lowest BCUT2D eigenvalue weighted by molar-refractivity contribution is 0.000692. The van der Waals surface area contributed by atoms with Gasteiger partial charge in [-0.1, -0.05) is 58.6 Å². The van der Waals surface area contributed by atoms with E-state index in [1.54, 1.807) is 5.57 Å². The molecule has 0 amide bonds. The van der Waals surface area contributed by atoms with Crippen LogP contribution in [0.25, 0.3) is 0 Å². The molecular weight excluding hydrogens is 228 g/mol. The smallest absolute Gasteiger partial charge is 0.0146 e. The van der Waals surface area contributed by atoms with E-state index < -0.39 is 0 Å². The Bertz CT molecular complexity index is 342. The van der Waals surface area contributed by atoms with Crippen molar-refractivity contribution in [3.05, 3.63) is 12.2 Å². The van der Waals surface area contributed by atoms with Crippen LogP contribution in [0, 0.1) is 41.4 Å². The van der Waals surface area contributed by atoms with E-state index in [0.717, 1.165) is 41.4 Å². The molecule has 0 aromatic carbocycles. The molecule has 0 heterocycles. The summed E-state index contributed by atoms with van der Waals surface area (Å²) in [5, 5.41) is 0. The number of allylic oxidation sites excluding steroid dienone is 1. The summed E-state index contributed by atoms with van der Waals surface area (Å²) in [7, 11) is 0. The van der Waals surface area contributed by atoms with Gasteiger partial charge in [0, 0.05) is 0 Å². The average Bonchev–Trinajstić information content (AvgIpc) is 2.42. The first-order chi connectivity index (χ1) is 9.13. The number of hydrogen-bond donors (Lipinski definition) is 0. The lowest BCUT2D eigenvalue weighted by Gasteiger charge is -2.54. The highest BCUT2D eigenvalue weighted by Gasteiger charge is 2.48. The Balaban J connectivity index is 1.83. The largest absolute Gasteiger partial charge is 0.0993 e. The molecule has 0 bridgehead atoms. The summed E-state index contributed by atoms with van der Waals surface area (Å²) >= 11 is 0. The van der Waals surface area contributed by atoms with Gasteiger partial charge in [-0.15, -0.1) is 0 Å². The van der Waals surface area contributed by atoms with Crippen molar-refractivity contribution < 1.29 is 0 Å². The van der Waals surface area contributed by atoms with Crippen LogP contribution in [0.1, 0.15) is 65.7 Å². The molecule has 3 rings (SSSR count). The zero-order valence-corrected chi connectivity index (χ0v) is 13.2. The lowest BCUT2D eigenvalue weighted by Crippen LogP contribution is -2.45. The molecule has 0 spiro atoms. The predicted octanol–water partition coefficient (Wildman–Crippen LogP) is 5.69. The molecule has 3 fully saturated rings. The summed E-state index contributed by atoms with van der Waals surface area (Å²) in [5.74, 6) is 6.52. The van der Waals surface area contributed by atoms with E-state index in [4.69, 9.17) is 0 Å². The fourth-order valence-corrected chi connectivity index (χ4v) is 6.06. The fraction of sp³-hybridized carbons (Fsp3) is 0.895. The van der Waals surface area contributed by atoms with Gasteiger partial charge in [0.25, 0.3) is 0 Å². The van der Waals surface area contributed by atoms with Crippen molar-refractivity contribution in [2.45, 2.75) is 65.7 Å². The highest BCUT2D eigenvalue weighted by molar-refractivity contribution is 5.16. The first-order valence-electron chi connectivity index (χ1n) is 8.82. The Labute approximate surface area is 120 Å². The molecule has 7 atom stereocenters. The van der Waals surface area contributed by atoms with Gasteiger partial charge in [0.1, 0.15) is 0 Å².